The van der Waals surface area contributed by atoms with Crippen LogP contribution in [0.25, 0.3) is 11.1 Å². The van der Waals surface area contributed by atoms with E-state index in [0.717, 1.165) is 5.56 Å². The summed E-state index contributed by atoms with van der Waals surface area (Å²) < 4.78 is 10.3. The van der Waals surface area contributed by atoms with Crippen molar-refractivity contribution in [1.29, 1.82) is 0 Å². The van der Waals surface area contributed by atoms with E-state index in [1.807, 2.05) is 30.3 Å². The lowest BCUT2D eigenvalue weighted by Crippen LogP contribution is -2.35. The average molecular weight is 481 g/mol. The lowest BCUT2D eigenvalue weighted by Gasteiger charge is -2.14. The van der Waals surface area contributed by atoms with Crippen LogP contribution in [0.2, 0.25) is 0 Å². The number of anilines is 1. The van der Waals surface area contributed by atoms with Gasteiger partial charge in [0.1, 0.15) is 17.1 Å². The SMILES string of the molecule is CCOC(=O)c1c(-c2ccccc2)csc1NC(=O)[C@@H](C)OC(=O)CNC(=O)c1ccccc1. The van der Waals surface area contributed by atoms with Gasteiger partial charge in [0.25, 0.3) is 11.8 Å². The van der Waals surface area contributed by atoms with E-state index in [-0.39, 0.29) is 12.2 Å². The van der Waals surface area contributed by atoms with E-state index in [1.165, 1.54) is 18.3 Å². The molecule has 0 spiro atoms. The molecule has 0 aliphatic heterocycles. The first-order valence-electron chi connectivity index (χ1n) is 10.6. The largest absolute Gasteiger partial charge is 0.462 e. The molecule has 0 saturated carbocycles. The van der Waals surface area contributed by atoms with E-state index < -0.39 is 36.4 Å². The summed E-state index contributed by atoms with van der Waals surface area (Å²) in [5, 5.41) is 7.15. The Bertz CT molecular complexity index is 1160. The smallest absolute Gasteiger partial charge is 0.341 e. The Morgan fingerprint density at radius 2 is 1.62 bits per heavy atom. The van der Waals surface area contributed by atoms with Crippen molar-refractivity contribution < 1.29 is 28.7 Å². The average Bonchev–Trinajstić information content (AvgIpc) is 3.27. The highest BCUT2D eigenvalue weighted by Crippen LogP contribution is 2.36. The van der Waals surface area contributed by atoms with Crippen LogP contribution in [0.15, 0.2) is 66.0 Å². The minimum atomic E-state index is -1.15. The second-order valence-electron chi connectivity index (χ2n) is 7.11. The first kappa shape index (κ1) is 24.7. The van der Waals surface area contributed by atoms with Crippen molar-refractivity contribution in [3.8, 4) is 11.1 Å². The van der Waals surface area contributed by atoms with Gasteiger partial charge in [0.2, 0.25) is 0 Å². The molecule has 176 valence electrons. The lowest BCUT2D eigenvalue weighted by atomic mass is 10.0. The number of rotatable bonds is 9. The molecule has 2 N–H and O–H groups in total. The molecule has 1 heterocycles. The number of thiophene rings is 1. The summed E-state index contributed by atoms with van der Waals surface area (Å²) in [6.07, 6.45) is -1.15. The van der Waals surface area contributed by atoms with Crippen LogP contribution in [0.4, 0.5) is 5.00 Å². The van der Waals surface area contributed by atoms with Gasteiger partial charge < -0.3 is 20.1 Å². The van der Waals surface area contributed by atoms with E-state index in [4.69, 9.17) is 9.47 Å². The van der Waals surface area contributed by atoms with E-state index in [2.05, 4.69) is 10.6 Å². The van der Waals surface area contributed by atoms with Crippen molar-refractivity contribution >= 4 is 40.1 Å². The van der Waals surface area contributed by atoms with Crippen LogP contribution in [0, 0.1) is 0 Å². The number of nitrogens with one attached hydrogen (secondary N) is 2. The zero-order valence-corrected chi connectivity index (χ0v) is 19.5. The molecule has 0 radical (unpaired) electrons. The Balaban J connectivity index is 1.64. The standard InChI is InChI=1S/C25H24N2O6S/c1-3-32-25(31)21-19(17-10-6-4-7-11-17)15-34-24(21)27-22(29)16(2)33-20(28)14-26-23(30)18-12-8-5-9-13-18/h4-13,15-16H,3,14H2,1-2H3,(H,26,30)(H,27,29)/t16-/m1/s1. The highest BCUT2D eigenvalue weighted by molar-refractivity contribution is 7.15. The normalized spacial score (nSPS) is 11.2. The Labute approximate surface area is 200 Å². The van der Waals surface area contributed by atoms with Crippen LogP contribution in [0.1, 0.15) is 34.6 Å². The molecule has 3 aromatic rings. The van der Waals surface area contributed by atoms with Gasteiger partial charge in [-0.05, 0) is 31.5 Å². The number of ether oxygens (including phenoxy) is 2. The minimum absolute atomic E-state index is 0.180. The topological polar surface area (TPSA) is 111 Å². The van der Waals surface area contributed by atoms with Crippen LogP contribution in [0.5, 0.6) is 0 Å². The molecule has 2 amide bonds. The number of benzene rings is 2. The highest BCUT2D eigenvalue weighted by Gasteiger charge is 2.25. The van der Waals surface area contributed by atoms with Gasteiger partial charge in [0.05, 0.1) is 6.61 Å². The number of carbonyl (C=O) groups excluding carboxylic acids is 4. The molecule has 2 aromatic carbocycles. The molecule has 8 nitrogen and oxygen atoms in total. The van der Waals surface area contributed by atoms with E-state index in [0.29, 0.717) is 16.1 Å². The van der Waals surface area contributed by atoms with Crippen molar-refractivity contribution in [3.63, 3.8) is 0 Å². The van der Waals surface area contributed by atoms with Crippen molar-refractivity contribution in [2.24, 2.45) is 0 Å². The fraction of sp³-hybridized carbons (Fsp3) is 0.200. The van der Waals surface area contributed by atoms with Gasteiger partial charge in [0.15, 0.2) is 6.10 Å². The van der Waals surface area contributed by atoms with Crippen LogP contribution in [-0.4, -0.2) is 43.0 Å². The number of carbonyl (C=O) groups is 4. The summed E-state index contributed by atoms with van der Waals surface area (Å²) in [6, 6.07) is 17.7. The molecule has 1 atom stereocenters. The fourth-order valence-corrected chi connectivity index (χ4v) is 4.00. The summed E-state index contributed by atoms with van der Waals surface area (Å²) >= 11 is 1.17. The fourth-order valence-electron chi connectivity index (χ4n) is 3.04. The monoisotopic (exact) mass is 480 g/mol. The van der Waals surface area contributed by atoms with Crippen molar-refractivity contribution in [1.82, 2.24) is 5.32 Å². The van der Waals surface area contributed by atoms with Crippen molar-refractivity contribution in [3.05, 3.63) is 77.2 Å². The summed E-state index contributed by atoms with van der Waals surface area (Å²) in [5.74, 6) is -2.38. The van der Waals surface area contributed by atoms with Crippen LogP contribution in [-0.2, 0) is 19.1 Å². The van der Waals surface area contributed by atoms with E-state index in [1.54, 1.807) is 42.6 Å². The number of hydrogen-bond donors (Lipinski definition) is 2. The maximum atomic E-state index is 12.7. The molecule has 1 aromatic heterocycles. The molecule has 0 bridgehead atoms. The van der Waals surface area contributed by atoms with Gasteiger partial charge in [-0.1, -0.05) is 48.5 Å². The molecule has 9 heteroatoms. The van der Waals surface area contributed by atoms with Gasteiger partial charge in [-0.2, -0.15) is 0 Å². The number of esters is 2. The Morgan fingerprint density at radius 3 is 2.26 bits per heavy atom. The first-order chi connectivity index (χ1) is 16.4. The van der Waals surface area contributed by atoms with Crippen LogP contribution < -0.4 is 10.6 Å². The number of amides is 2. The van der Waals surface area contributed by atoms with E-state index >= 15 is 0 Å². The Morgan fingerprint density at radius 1 is 0.971 bits per heavy atom. The van der Waals surface area contributed by atoms with Gasteiger partial charge >= 0.3 is 11.9 Å². The molecule has 0 aliphatic carbocycles. The second kappa shape index (κ2) is 11.8. The van der Waals surface area contributed by atoms with Crippen LogP contribution in [0.3, 0.4) is 0 Å². The van der Waals surface area contributed by atoms with Gasteiger partial charge in [0, 0.05) is 16.5 Å². The first-order valence-corrected chi connectivity index (χ1v) is 11.5. The molecule has 0 aliphatic rings. The van der Waals surface area contributed by atoms with Gasteiger partial charge in [-0.25, -0.2) is 4.79 Å². The van der Waals surface area contributed by atoms with Crippen molar-refractivity contribution in [2.45, 2.75) is 20.0 Å². The zero-order valence-electron chi connectivity index (χ0n) is 18.7. The second-order valence-corrected chi connectivity index (χ2v) is 7.99. The quantitative estimate of drug-likeness (QED) is 0.450. The molecular weight excluding hydrogens is 456 g/mol. The third-order valence-corrected chi connectivity index (χ3v) is 5.59. The zero-order chi connectivity index (χ0) is 24.5. The predicted octanol–water partition coefficient (Wildman–Crippen LogP) is 3.89. The maximum absolute atomic E-state index is 12.7. The summed E-state index contributed by atoms with van der Waals surface area (Å²) in [7, 11) is 0. The number of hydrogen-bond acceptors (Lipinski definition) is 7. The summed E-state index contributed by atoms with van der Waals surface area (Å²) in [4.78, 5) is 49.4. The molecule has 34 heavy (non-hydrogen) atoms. The Hall–Kier alpha value is -3.98. The third-order valence-electron chi connectivity index (χ3n) is 4.70. The molecule has 0 unspecified atom stereocenters. The lowest BCUT2D eigenvalue weighted by molar-refractivity contribution is -0.152. The molecule has 0 saturated heterocycles. The predicted molar refractivity (Wildman–Crippen MR) is 129 cm³/mol. The highest BCUT2D eigenvalue weighted by atomic mass is 32.1. The molecular formula is C25H24N2O6S. The van der Waals surface area contributed by atoms with Crippen LogP contribution >= 0.6 is 11.3 Å². The molecule has 3 rings (SSSR count). The summed E-state index contributed by atoms with van der Waals surface area (Å²) in [6.45, 7) is 2.89. The molecule has 0 fully saturated rings. The van der Waals surface area contributed by atoms with E-state index in [9.17, 15) is 19.2 Å². The minimum Gasteiger partial charge on any atom is -0.462 e. The summed E-state index contributed by atoms with van der Waals surface area (Å²) in [5.41, 5.74) is 2.07. The maximum Gasteiger partial charge on any atom is 0.341 e. The van der Waals surface area contributed by atoms with Crippen molar-refractivity contribution in [2.75, 3.05) is 18.5 Å². The Kier molecular flexibility index (Phi) is 8.53. The van der Waals surface area contributed by atoms with Gasteiger partial charge in [-0.3, -0.25) is 14.4 Å². The third kappa shape index (κ3) is 6.29. The van der Waals surface area contributed by atoms with Gasteiger partial charge in [-0.15, -0.1) is 11.3 Å².